The molecule has 1 aliphatic rings. The maximum Gasteiger partial charge on any atom is 0.194 e. The third kappa shape index (κ3) is 3.03. The van der Waals surface area contributed by atoms with Crippen LogP contribution < -0.4 is 5.73 Å². The van der Waals surface area contributed by atoms with E-state index in [1.807, 2.05) is 18.9 Å². The predicted octanol–water partition coefficient (Wildman–Crippen LogP) is 1.84. The zero-order valence-corrected chi connectivity index (χ0v) is 11.4. The molecule has 1 aromatic rings. The van der Waals surface area contributed by atoms with Crippen LogP contribution in [0.5, 0.6) is 0 Å². The molecule has 0 atom stereocenters. The minimum absolute atomic E-state index is 0.478. The summed E-state index contributed by atoms with van der Waals surface area (Å²) in [7, 11) is 1.99. The van der Waals surface area contributed by atoms with E-state index in [9.17, 15) is 0 Å². The van der Waals surface area contributed by atoms with Crippen molar-refractivity contribution in [2.24, 2.45) is 10.7 Å². The molecule has 0 unspecified atom stereocenters. The zero-order chi connectivity index (χ0) is 13.1. The minimum atomic E-state index is 0.478. The van der Waals surface area contributed by atoms with Gasteiger partial charge in [0, 0.05) is 19.5 Å². The number of aryl methyl sites for hydroxylation is 2. The molecule has 2 rings (SSSR count). The van der Waals surface area contributed by atoms with E-state index in [0.29, 0.717) is 18.5 Å². The van der Waals surface area contributed by atoms with Gasteiger partial charge in [-0.05, 0) is 26.2 Å². The first-order chi connectivity index (χ1) is 8.61. The van der Waals surface area contributed by atoms with Gasteiger partial charge in [0.25, 0.3) is 0 Å². The molecular formula is C13H22N4O. The highest BCUT2D eigenvalue weighted by molar-refractivity contribution is 5.78. The Morgan fingerprint density at radius 1 is 1.56 bits per heavy atom. The molecule has 1 saturated carbocycles. The summed E-state index contributed by atoms with van der Waals surface area (Å²) in [6.45, 7) is 4.54. The maximum atomic E-state index is 5.94. The summed E-state index contributed by atoms with van der Waals surface area (Å²) < 4.78 is 5.67. The van der Waals surface area contributed by atoms with Crippen LogP contribution in [0.25, 0.3) is 0 Å². The molecule has 1 fully saturated rings. The molecule has 0 amide bonds. The number of hydrogen-bond acceptors (Lipinski definition) is 3. The lowest BCUT2D eigenvalue weighted by atomic mass is 10.3. The van der Waals surface area contributed by atoms with E-state index in [0.717, 1.165) is 30.2 Å². The molecule has 100 valence electrons. The second-order valence-electron chi connectivity index (χ2n) is 4.88. The Morgan fingerprint density at radius 2 is 2.28 bits per heavy atom. The van der Waals surface area contributed by atoms with Crippen LogP contribution in [-0.2, 0) is 13.0 Å². The summed E-state index contributed by atoms with van der Waals surface area (Å²) in [6.07, 6.45) is 4.35. The Bertz CT molecular complexity index is 434. The molecule has 0 radical (unpaired) electrons. The van der Waals surface area contributed by atoms with Crippen molar-refractivity contribution in [2.45, 2.75) is 52.1 Å². The molecule has 5 heteroatoms. The van der Waals surface area contributed by atoms with Crippen molar-refractivity contribution in [1.29, 1.82) is 0 Å². The van der Waals surface area contributed by atoms with Crippen LogP contribution in [0.4, 0.5) is 0 Å². The van der Waals surface area contributed by atoms with Gasteiger partial charge in [-0.2, -0.15) is 0 Å². The molecule has 0 bridgehead atoms. The Hall–Kier alpha value is -1.52. The van der Waals surface area contributed by atoms with Crippen molar-refractivity contribution in [3.8, 4) is 0 Å². The summed E-state index contributed by atoms with van der Waals surface area (Å²) in [5.74, 6) is 2.21. The summed E-state index contributed by atoms with van der Waals surface area (Å²) >= 11 is 0. The van der Waals surface area contributed by atoms with Gasteiger partial charge in [-0.3, -0.25) is 0 Å². The van der Waals surface area contributed by atoms with Gasteiger partial charge in [-0.1, -0.05) is 6.92 Å². The van der Waals surface area contributed by atoms with Crippen molar-refractivity contribution >= 4 is 5.96 Å². The zero-order valence-electron chi connectivity index (χ0n) is 11.4. The number of nitrogens with zero attached hydrogens (tertiary/aromatic N) is 3. The quantitative estimate of drug-likeness (QED) is 0.639. The Morgan fingerprint density at radius 3 is 2.89 bits per heavy atom. The van der Waals surface area contributed by atoms with E-state index in [1.54, 1.807) is 0 Å². The van der Waals surface area contributed by atoms with Crippen molar-refractivity contribution < 1.29 is 4.42 Å². The van der Waals surface area contributed by atoms with Gasteiger partial charge in [0.1, 0.15) is 12.3 Å². The first-order valence-electron chi connectivity index (χ1n) is 6.59. The molecule has 0 aromatic carbocycles. The topological polar surface area (TPSA) is 67.7 Å². The van der Waals surface area contributed by atoms with Gasteiger partial charge in [0.2, 0.25) is 0 Å². The highest BCUT2D eigenvalue weighted by Crippen LogP contribution is 2.25. The van der Waals surface area contributed by atoms with E-state index >= 15 is 0 Å². The summed E-state index contributed by atoms with van der Waals surface area (Å²) in [5, 5.41) is 0. The van der Waals surface area contributed by atoms with Crippen LogP contribution in [-0.4, -0.2) is 28.9 Å². The molecule has 0 aliphatic heterocycles. The van der Waals surface area contributed by atoms with Gasteiger partial charge < -0.3 is 15.1 Å². The Labute approximate surface area is 108 Å². The molecule has 18 heavy (non-hydrogen) atoms. The number of rotatable bonds is 5. The number of nitrogens with two attached hydrogens (primary N) is 1. The monoisotopic (exact) mass is 250 g/mol. The third-order valence-electron chi connectivity index (χ3n) is 3.24. The number of guanidine groups is 1. The lowest BCUT2D eigenvalue weighted by Crippen LogP contribution is -2.35. The van der Waals surface area contributed by atoms with Gasteiger partial charge in [0.15, 0.2) is 11.9 Å². The van der Waals surface area contributed by atoms with Gasteiger partial charge in [-0.25, -0.2) is 9.98 Å². The molecule has 0 saturated heterocycles. The van der Waals surface area contributed by atoms with Crippen molar-refractivity contribution in [3.05, 3.63) is 17.3 Å². The molecule has 0 spiro atoms. The average Bonchev–Trinajstić information content (AvgIpc) is 3.12. The third-order valence-corrected chi connectivity index (χ3v) is 3.24. The van der Waals surface area contributed by atoms with Gasteiger partial charge in [0.05, 0.1) is 5.69 Å². The normalized spacial score (nSPS) is 16.1. The molecule has 1 aromatic heterocycles. The fraction of sp³-hybridized carbons (Fsp3) is 0.692. The summed E-state index contributed by atoms with van der Waals surface area (Å²) in [6, 6.07) is 0.584. The van der Waals surface area contributed by atoms with Gasteiger partial charge in [-0.15, -0.1) is 0 Å². The van der Waals surface area contributed by atoms with Crippen LogP contribution >= 0.6 is 0 Å². The lowest BCUT2D eigenvalue weighted by molar-refractivity contribution is 0.448. The molecule has 1 heterocycles. The molecule has 2 N–H and O–H groups in total. The molecule has 5 nitrogen and oxygen atoms in total. The van der Waals surface area contributed by atoms with E-state index in [4.69, 9.17) is 10.2 Å². The number of oxazole rings is 1. The molecular weight excluding hydrogens is 228 g/mol. The largest absolute Gasteiger partial charge is 0.443 e. The minimum Gasteiger partial charge on any atom is -0.443 e. The maximum absolute atomic E-state index is 5.94. The van der Waals surface area contributed by atoms with Gasteiger partial charge >= 0.3 is 0 Å². The van der Waals surface area contributed by atoms with Crippen LogP contribution in [0.2, 0.25) is 0 Å². The fourth-order valence-corrected chi connectivity index (χ4v) is 1.87. The Kier molecular flexibility index (Phi) is 3.89. The highest BCUT2D eigenvalue weighted by Gasteiger charge is 2.27. The average molecular weight is 250 g/mol. The van der Waals surface area contributed by atoms with Crippen molar-refractivity contribution in [1.82, 2.24) is 9.88 Å². The van der Waals surface area contributed by atoms with Crippen LogP contribution in [0.1, 0.15) is 43.5 Å². The standard InChI is InChI=1S/C13H22N4O/c1-4-5-12-16-9(2)11(18-12)8-15-13(14)17(3)10-6-7-10/h10H,4-8H2,1-3H3,(H2,14,15). The summed E-state index contributed by atoms with van der Waals surface area (Å²) in [4.78, 5) is 10.8. The van der Waals surface area contributed by atoms with Crippen LogP contribution in [0, 0.1) is 6.92 Å². The second-order valence-corrected chi connectivity index (χ2v) is 4.88. The van der Waals surface area contributed by atoms with E-state index in [1.165, 1.54) is 12.8 Å². The fourth-order valence-electron chi connectivity index (χ4n) is 1.87. The highest BCUT2D eigenvalue weighted by atomic mass is 16.4. The predicted molar refractivity (Wildman–Crippen MR) is 71.3 cm³/mol. The van der Waals surface area contributed by atoms with E-state index in [2.05, 4.69) is 16.9 Å². The van der Waals surface area contributed by atoms with E-state index < -0.39 is 0 Å². The van der Waals surface area contributed by atoms with Crippen molar-refractivity contribution in [2.75, 3.05) is 7.05 Å². The first-order valence-corrected chi connectivity index (χ1v) is 6.59. The lowest BCUT2D eigenvalue weighted by Gasteiger charge is -2.16. The van der Waals surface area contributed by atoms with Crippen LogP contribution in [0.15, 0.2) is 9.41 Å². The Balaban J connectivity index is 1.97. The number of aromatic nitrogens is 1. The SMILES string of the molecule is CCCc1nc(C)c(CN=C(N)N(C)C2CC2)o1. The molecule has 1 aliphatic carbocycles. The second kappa shape index (κ2) is 5.42. The summed E-state index contributed by atoms with van der Waals surface area (Å²) in [5.41, 5.74) is 6.86. The number of aliphatic imine (C=N–C) groups is 1. The van der Waals surface area contributed by atoms with Crippen molar-refractivity contribution in [3.63, 3.8) is 0 Å². The van der Waals surface area contributed by atoms with E-state index in [-0.39, 0.29) is 0 Å². The van der Waals surface area contributed by atoms with Crippen LogP contribution in [0.3, 0.4) is 0 Å². The first kappa shape index (κ1) is 12.9. The smallest absolute Gasteiger partial charge is 0.194 e. The number of hydrogen-bond donors (Lipinski definition) is 1.